The van der Waals surface area contributed by atoms with Crippen molar-refractivity contribution in [1.29, 1.82) is 0 Å². The van der Waals surface area contributed by atoms with Crippen LogP contribution in [0.5, 0.6) is 0 Å². The minimum atomic E-state index is -0.515. The summed E-state index contributed by atoms with van der Waals surface area (Å²) in [5.74, 6) is 0.926. The van der Waals surface area contributed by atoms with Crippen molar-refractivity contribution in [2.75, 3.05) is 17.2 Å². The molecule has 0 aliphatic rings. The first kappa shape index (κ1) is 13.9. The number of nitrogen functional groups attached to an aromatic ring is 3. The third-order valence-electron chi connectivity index (χ3n) is 2.47. The van der Waals surface area contributed by atoms with Crippen LogP contribution in [-0.4, -0.2) is 14.9 Å². The number of aromatic nitrogens is 2. The predicted molar refractivity (Wildman–Crippen MR) is 77.9 cm³/mol. The minimum absolute atomic E-state index is 0.115. The van der Waals surface area contributed by atoms with Crippen LogP contribution in [0.4, 0.5) is 23.0 Å². The molecule has 9 heteroatoms. The van der Waals surface area contributed by atoms with Crippen LogP contribution in [0.3, 0.4) is 0 Å². The molecule has 20 heavy (non-hydrogen) atoms. The normalized spacial score (nSPS) is 10.4. The molecule has 0 aliphatic heterocycles. The first-order chi connectivity index (χ1) is 9.47. The van der Waals surface area contributed by atoms with E-state index in [1.54, 1.807) is 12.1 Å². The number of nitro benzene ring substituents is 1. The zero-order valence-corrected chi connectivity index (χ0v) is 11.1. The molecule has 1 heterocycles. The van der Waals surface area contributed by atoms with Crippen LogP contribution in [0.2, 0.25) is 0 Å². The molecule has 0 atom stereocenters. The number of nitro groups is 1. The maximum Gasteiger partial charge on any atom is 0.292 e. The van der Waals surface area contributed by atoms with Gasteiger partial charge in [0.25, 0.3) is 5.69 Å². The quantitative estimate of drug-likeness (QED) is 0.252. The van der Waals surface area contributed by atoms with E-state index in [4.69, 9.17) is 17.2 Å². The second kappa shape index (κ2) is 5.61. The summed E-state index contributed by atoms with van der Waals surface area (Å²) in [6.45, 7) is 0. The number of anilines is 3. The highest BCUT2D eigenvalue weighted by atomic mass is 32.2. The zero-order chi connectivity index (χ0) is 14.7. The van der Waals surface area contributed by atoms with E-state index in [1.807, 2.05) is 0 Å². The molecule has 0 aliphatic carbocycles. The minimum Gasteiger partial charge on any atom is -0.393 e. The number of rotatable bonds is 4. The van der Waals surface area contributed by atoms with Gasteiger partial charge in [-0.1, -0.05) is 23.9 Å². The SMILES string of the molecule is Nc1cc(N)nc(SCc2cccc([N+](=O)[O-])c2N)n1. The monoisotopic (exact) mass is 292 g/mol. The molecule has 0 fully saturated rings. The van der Waals surface area contributed by atoms with Crippen molar-refractivity contribution in [3.63, 3.8) is 0 Å². The average Bonchev–Trinajstić information content (AvgIpc) is 2.36. The summed E-state index contributed by atoms with van der Waals surface area (Å²) in [5, 5.41) is 11.2. The maximum absolute atomic E-state index is 10.8. The highest BCUT2D eigenvalue weighted by Crippen LogP contribution is 2.29. The van der Waals surface area contributed by atoms with Crippen molar-refractivity contribution in [3.8, 4) is 0 Å². The van der Waals surface area contributed by atoms with Crippen molar-refractivity contribution in [3.05, 3.63) is 39.9 Å². The van der Waals surface area contributed by atoms with Crippen LogP contribution in [0.25, 0.3) is 0 Å². The second-order valence-electron chi connectivity index (χ2n) is 3.90. The fraction of sp³-hybridized carbons (Fsp3) is 0.0909. The molecule has 2 rings (SSSR count). The first-order valence-electron chi connectivity index (χ1n) is 5.52. The Balaban J connectivity index is 2.19. The average molecular weight is 292 g/mol. The van der Waals surface area contributed by atoms with Crippen molar-refractivity contribution in [1.82, 2.24) is 9.97 Å². The van der Waals surface area contributed by atoms with Gasteiger partial charge >= 0.3 is 0 Å². The van der Waals surface area contributed by atoms with E-state index in [9.17, 15) is 10.1 Å². The summed E-state index contributed by atoms with van der Waals surface area (Å²) < 4.78 is 0. The number of para-hydroxylation sites is 1. The Kier molecular flexibility index (Phi) is 3.89. The number of hydrogen-bond donors (Lipinski definition) is 3. The van der Waals surface area contributed by atoms with E-state index >= 15 is 0 Å². The molecule has 104 valence electrons. The lowest BCUT2D eigenvalue weighted by atomic mass is 10.2. The molecule has 0 radical (unpaired) electrons. The van der Waals surface area contributed by atoms with Gasteiger partial charge in [0, 0.05) is 17.9 Å². The van der Waals surface area contributed by atoms with Gasteiger partial charge in [0.05, 0.1) is 4.92 Å². The fourth-order valence-electron chi connectivity index (χ4n) is 1.55. The molecule has 6 N–H and O–H groups in total. The van der Waals surface area contributed by atoms with E-state index < -0.39 is 4.92 Å². The van der Waals surface area contributed by atoms with Gasteiger partial charge in [-0.3, -0.25) is 10.1 Å². The number of benzene rings is 1. The lowest BCUT2D eigenvalue weighted by Crippen LogP contribution is -2.01. The van der Waals surface area contributed by atoms with E-state index in [-0.39, 0.29) is 23.0 Å². The fourth-order valence-corrected chi connectivity index (χ4v) is 2.43. The van der Waals surface area contributed by atoms with Crippen molar-refractivity contribution in [2.45, 2.75) is 10.9 Å². The third-order valence-corrected chi connectivity index (χ3v) is 3.37. The number of nitrogens with zero attached hydrogens (tertiary/aromatic N) is 3. The largest absolute Gasteiger partial charge is 0.393 e. The zero-order valence-electron chi connectivity index (χ0n) is 10.3. The van der Waals surface area contributed by atoms with Gasteiger partial charge in [-0.15, -0.1) is 0 Å². The Morgan fingerprint density at radius 2 is 1.85 bits per heavy atom. The van der Waals surface area contributed by atoms with Crippen LogP contribution < -0.4 is 17.2 Å². The topological polar surface area (TPSA) is 147 Å². The van der Waals surface area contributed by atoms with E-state index in [0.29, 0.717) is 16.5 Å². The molecular weight excluding hydrogens is 280 g/mol. The van der Waals surface area contributed by atoms with Gasteiger partial charge in [-0.25, -0.2) is 9.97 Å². The molecule has 2 aromatic rings. The molecule has 1 aromatic carbocycles. The summed E-state index contributed by atoms with van der Waals surface area (Å²) in [7, 11) is 0. The van der Waals surface area contributed by atoms with E-state index in [0.717, 1.165) is 0 Å². The van der Waals surface area contributed by atoms with Crippen molar-refractivity contribution < 1.29 is 4.92 Å². The Morgan fingerprint density at radius 3 is 2.45 bits per heavy atom. The van der Waals surface area contributed by atoms with Crippen LogP contribution in [0, 0.1) is 10.1 Å². The standard InChI is InChI=1S/C11H12N6O2S/c12-8-4-9(13)16-11(15-8)20-5-6-2-1-3-7(10(6)14)17(18)19/h1-4H,5,14H2,(H4,12,13,15,16). The Hall–Kier alpha value is -2.55. The number of thioether (sulfide) groups is 1. The Labute approximate surface area is 118 Å². The third kappa shape index (κ3) is 3.06. The second-order valence-corrected chi connectivity index (χ2v) is 4.84. The highest BCUT2D eigenvalue weighted by Gasteiger charge is 2.14. The molecule has 1 aromatic heterocycles. The van der Waals surface area contributed by atoms with Crippen LogP contribution in [0.1, 0.15) is 5.56 Å². The van der Waals surface area contributed by atoms with Crippen molar-refractivity contribution in [2.24, 2.45) is 0 Å². The summed E-state index contributed by atoms with van der Waals surface area (Å²) in [4.78, 5) is 18.3. The first-order valence-corrected chi connectivity index (χ1v) is 6.50. The smallest absolute Gasteiger partial charge is 0.292 e. The summed E-state index contributed by atoms with van der Waals surface area (Å²) >= 11 is 1.25. The lowest BCUT2D eigenvalue weighted by molar-refractivity contribution is -0.383. The van der Waals surface area contributed by atoms with Crippen LogP contribution in [0.15, 0.2) is 29.4 Å². The highest BCUT2D eigenvalue weighted by molar-refractivity contribution is 7.98. The summed E-state index contributed by atoms with van der Waals surface area (Å²) in [5.41, 5.74) is 17.5. The summed E-state index contributed by atoms with van der Waals surface area (Å²) in [6, 6.07) is 6.11. The number of nitrogens with two attached hydrogens (primary N) is 3. The van der Waals surface area contributed by atoms with Gasteiger partial charge in [-0.05, 0) is 5.56 Å². The van der Waals surface area contributed by atoms with Gasteiger partial charge in [0.1, 0.15) is 17.3 Å². The molecule has 0 amide bonds. The molecule has 8 nitrogen and oxygen atoms in total. The van der Waals surface area contributed by atoms with Gasteiger partial charge in [0.15, 0.2) is 5.16 Å². The predicted octanol–water partition coefficient (Wildman–Crippen LogP) is 1.42. The van der Waals surface area contributed by atoms with Gasteiger partial charge in [0.2, 0.25) is 0 Å². The lowest BCUT2D eigenvalue weighted by Gasteiger charge is -2.06. The van der Waals surface area contributed by atoms with Gasteiger partial charge < -0.3 is 17.2 Å². The van der Waals surface area contributed by atoms with Crippen molar-refractivity contribution >= 4 is 34.8 Å². The van der Waals surface area contributed by atoms with Gasteiger partial charge in [-0.2, -0.15) is 0 Å². The van der Waals surface area contributed by atoms with E-state index in [2.05, 4.69) is 9.97 Å². The molecular formula is C11H12N6O2S. The molecule has 0 spiro atoms. The molecule has 0 unspecified atom stereocenters. The summed E-state index contributed by atoms with van der Waals surface area (Å²) in [6.07, 6.45) is 0. The maximum atomic E-state index is 10.8. The van der Waals surface area contributed by atoms with Crippen LogP contribution >= 0.6 is 11.8 Å². The molecule has 0 bridgehead atoms. The van der Waals surface area contributed by atoms with Crippen LogP contribution in [-0.2, 0) is 5.75 Å². The Morgan fingerprint density at radius 1 is 1.20 bits per heavy atom. The van der Waals surface area contributed by atoms with E-state index in [1.165, 1.54) is 23.9 Å². The Bertz CT molecular complexity index is 643. The molecule has 0 saturated carbocycles. The number of hydrogen-bond acceptors (Lipinski definition) is 8. The molecule has 0 saturated heterocycles.